The van der Waals surface area contributed by atoms with Crippen LogP contribution in [0.4, 0.5) is 0 Å². The first-order valence-electron chi connectivity index (χ1n) is 9.27. The lowest BCUT2D eigenvalue weighted by Gasteiger charge is -2.29. The lowest BCUT2D eigenvalue weighted by molar-refractivity contribution is -0.123. The Morgan fingerprint density at radius 3 is 2.79 bits per heavy atom. The van der Waals surface area contributed by atoms with Crippen molar-refractivity contribution >= 4 is 42.5 Å². The predicted molar refractivity (Wildman–Crippen MR) is 122 cm³/mol. The van der Waals surface area contributed by atoms with Crippen molar-refractivity contribution in [3.8, 4) is 0 Å². The van der Waals surface area contributed by atoms with Crippen LogP contribution >= 0.6 is 36.6 Å². The molecule has 0 radical (unpaired) electrons. The van der Waals surface area contributed by atoms with E-state index in [9.17, 15) is 4.79 Å². The second-order valence-corrected chi connectivity index (χ2v) is 8.20. The maximum Gasteiger partial charge on any atom is 0.237 e. The summed E-state index contributed by atoms with van der Waals surface area (Å²) >= 11 is 1.90. The van der Waals surface area contributed by atoms with Crippen LogP contribution in [0.15, 0.2) is 42.9 Å². The SMILES string of the molecule is CSC1CCCC(NC(=O)[C@@H](N)Cc2cn(Cc3ccccc3)cn2)C1.Cl.Cl. The molecule has 1 aliphatic carbocycles. The van der Waals surface area contributed by atoms with Gasteiger partial charge in [0.25, 0.3) is 0 Å². The Bertz CT molecular complexity index is 713. The molecular weight excluding hydrogens is 415 g/mol. The van der Waals surface area contributed by atoms with Gasteiger partial charge in [-0.1, -0.05) is 36.8 Å². The summed E-state index contributed by atoms with van der Waals surface area (Å²) in [4.78, 5) is 16.8. The summed E-state index contributed by atoms with van der Waals surface area (Å²) in [6.07, 6.45) is 10.9. The summed E-state index contributed by atoms with van der Waals surface area (Å²) in [7, 11) is 0. The molecule has 1 aliphatic rings. The Morgan fingerprint density at radius 2 is 2.07 bits per heavy atom. The zero-order chi connectivity index (χ0) is 18.4. The molecule has 1 saturated carbocycles. The van der Waals surface area contributed by atoms with Gasteiger partial charge in [-0.05, 0) is 31.1 Å². The third-order valence-corrected chi connectivity index (χ3v) is 6.06. The van der Waals surface area contributed by atoms with E-state index in [2.05, 4.69) is 28.7 Å². The molecule has 1 heterocycles. The number of carbonyl (C=O) groups excluding carboxylic acids is 1. The fourth-order valence-corrected chi connectivity index (χ4v) is 4.34. The molecule has 0 saturated heterocycles. The topological polar surface area (TPSA) is 72.9 Å². The normalized spacial score (nSPS) is 19.8. The standard InChI is InChI=1S/C20H28N4OS.2ClH/c1-26-18-9-5-8-16(10-18)23-20(25)19(21)11-17-13-24(14-22-17)12-15-6-3-2-4-7-15;;/h2-4,6-7,13-14,16,18-19H,5,8-12,21H2,1H3,(H,23,25);2*1H/t16?,18?,19-;;/m0../s1. The highest BCUT2D eigenvalue weighted by atomic mass is 35.5. The van der Waals surface area contributed by atoms with Crippen LogP contribution in [0.5, 0.6) is 0 Å². The second-order valence-electron chi connectivity index (χ2n) is 7.06. The maximum atomic E-state index is 12.4. The van der Waals surface area contributed by atoms with E-state index in [4.69, 9.17) is 5.73 Å². The molecule has 1 aromatic carbocycles. The smallest absolute Gasteiger partial charge is 0.237 e. The number of halogens is 2. The van der Waals surface area contributed by atoms with Gasteiger partial charge in [-0.2, -0.15) is 11.8 Å². The average molecular weight is 445 g/mol. The van der Waals surface area contributed by atoms with Crippen molar-refractivity contribution in [1.82, 2.24) is 14.9 Å². The van der Waals surface area contributed by atoms with E-state index in [1.807, 2.05) is 40.7 Å². The molecule has 0 bridgehead atoms. The van der Waals surface area contributed by atoms with Crippen LogP contribution in [-0.2, 0) is 17.8 Å². The minimum absolute atomic E-state index is 0. The van der Waals surface area contributed by atoms with Crippen molar-refractivity contribution in [3.05, 3.63) is 54.1 Å². The molecule has 8 heteroatoms. The zero-order valence-electron chi connectivity index (χ0n) is 16.1. The molecule has 0 aliphatic heterocycles. The number of benzene rings is 1. The molecular formula is C20H30Cl2N4OS. The predicted octanol–water partition coefficient (Wildman–Crippen LogP) is 3.44. The summed E-state index contributed by atoms with van der Waals surface area (Å²) in [5, 5.41) is 3.79. The van der Waals surface area contributed by atoms with Crippen LogP contribution in [0.25, 0.3) is 0 Å². The fourth-order valence-electron chi connectivity index (χ4n) is 3.51. The van der Waals surface area contributed by atoms with Gasteiger partial charge in [0.2, 0.25) is 5.91 Å². The van der Waals surface area contributed by atoms with E-state index in [0.717, 1.165) is 25.1 Å². The van der Waals surface area contributed by atoms with Crippen LogP contribution in [0.2, 0.25) is 0 Å². The Labute approximate surface area is 184 Å². The van der Waals surface area contributed by atoms with Gasteiger partial charge in [-0.3, -0.25) is 4.79 Å². The average Bonchev–Trinajstić information content (AvgIpc) is 3.09. The third kappa shape index (κ3) is 7.32. The summed E-state index contributed by atoms with van der Waals surface area (Å²) in [5.41, 5.74) is 8.21. The first kappa shape index (κ1) is 24.8. The molecule has 1 amide bonds. The molecule has 3 rings (SSSR count). The van der Waals surface area contributed by atoms with Crippen molar-refractivity contribution < 1.29 is 4.79 Å². The van der Waals surface area contributed by atoms with E-state index < -0.39 is 6.04 Å². The number of rotatable bonds is 7. The largest absolute Gasteiger partial charge is 0.352 e. The van der Waals surface area contributed by atoms with Crippen LogP contribution in [-0.4, -0.2) is 39.0 Å². The number of imidazole rings is 1. The number of nitrogens with two attached hydrogens (primary N) is 1. The molecule has 0 spiro atoms. The van der Waals surface area contributed by atoms with Gasteiger partial charge in [0.05, 0.1) is 18.1 Å². The molecule has 5 nitrogen and oxygen atoms in total. The second kappa shape index (κ2) is 12.4. The number of nitrogens with zero attached hydrogens (tertiary/aromatic N) is 2. The Morgan fingerprint density at radius 1 is 1.32 bits per heavy atom. The van der Waals surface area contributed by atoms with Crippen LogP contribution < -0.4 is 11.1 Å². The molecule has 28 heavy (non-hydrogen) atoms. The lowest BCUT2D eigenvalue weighted by Crippen LogP contribution is -2.48. The van der Waals surface area contributed by atoms with Gasteiger partial charge in [-0.15, -0.1) is 24.8 Å². The van der Waals surface area contributed by atoms with E-state index >= 15 is 0 Å². The number of thioether (sulfide) groups is 1. The first-order valence-corrected chi connectivity index (χ1v) is 10.6. The summed E-state index contributed by atoms with van der Waals surface area (Å²) in [6, 6.07) is 9.95. The van der Waals surface area contributed by atoms with Crippen molar-refractivity contribution in [1.29, 1.82) is 0 Å². The summed E-state index contributed by atoms with van der Waals surface area (Å²) in [6.45, 7) is 0.771. The van der Waals surface area contributed by atoms with E-state index in [0.29, 0.717) is 11.7 Å². The molecule has 1 aromatic heterocycles. The lowest BCUT2D eigenvalue weighted by atomic mass is 9.94. The van der Waals surface area contributed by atoms with Crippen LogP contribution in [0.3, 0.4) is 0 Å². The molecule has 156 valence electrons. The molecule has 3 atom stereocenters. The number of carbonyl (C=O) groups is 1. The van der Waals surface area contributed by atoms with E-state index in [-0.39, 0.29) is 36.8 Å². The number of nitrogens with one attached hydrogen (secondary N) is 1. The number of hydrogen-bond donors (Lipinski definition) is 2. The monoisotopic (exact) mass is 444 g/mol. The Balaban J connectivity index is 0.00000196. The number of aromatic nitrogens is 2. The van der Waals surface area contributed by atoms with Crippen molar-refractivity contribution in [3.63, 3.8) is 0 Å². The minimum Gasteiger partial charge on any atom is -0.352 e. The van der Waals surface area contributed by atoms with Gasteiger partial charge in [-0.25, -0.2) is 4.98 Å². The van der Waals surface area contributed by atoms with Gasteiger partial charge in [0, 0.05) is 30.5 Å². The first-order chi connectivity index (χ1) is 12.6. The maximum absolute atomic E-state index is 12.4. The highest BCUT2D eigenvalue weighted by Crippen LogP contribution is 2.26. The molecule has 1 fully saturated rings. The fraction of sp³-hybridized carbons (Fsp3) is 0.500. The zero-order valence-corrected chi connectivity index (χ0v) is 18.6. The Kier molecular flexibility index (Phi) is 11.0. The number of hydrogen-bond acceptors (Lipinski definition) is 4. The molecule has 2 unspecified atom stereocenters. The Hall–Kier alpha value is -1.21. The highest BCUT2D eigenvalue weighted by Gasteiger charge is 2.25. The minimum atomic E-state index is -0.551. The quantitative estimate of drug-likeness (QED) is 0.685. The van der Waals surface area contributed by atoms with E-state index in [1.165, 1.54) is 18.4 Å². The molecule has 2 aromatic rings. The molecule has 3 N–H and O–H groups in total. The highest BCUT2D eigenvalue weighted by molar-refractivity contribution is 7.99. The van der Waals surface area contributed by atoms with Crippen LogP contribution in [0, 0.1) is 0 Å². The van der Waals surface area contributed by atoms with Crippen molar-refractivity contribution in [2.75, 3.05) is 6.26 Å². The van der Waals surface area contributed by atoms with Crippen molar-refractivity contribution in [2.45, 2.75) is 56.0 Å². The van der Waals surface area contributed by atoms with E-state index in [1.54, 1.807) is 6.33 Å². The summed E-state index contributed by atoms with van der Waals surface area (Å²) in [5.74, 6) is -0.0608. The van der Waals surface area contributed by atoms with Gasteiger partial charge < -0.3 is 15.6 Å². The van der Waals surface area contributed by atoms with Gasteiger partial charge >= 0.3 is 0 Å². The van der Waals surface area contributed by atoms with Gasteiger partial charge in [0.1, 0.15) is 0 Å². The number of amides is 1. The summed E-state index contributed by atoms with van der Waals surface area (Å²) < 4.78 is 2.03. The third-order valence-electron chi connectivity index (χ3n) is 4.97. The van der Waals surface area contributed by atoms with Crippen molar-refractivity contribution in [2.24, 2.45) is 5.73 Å². The van der Waals surface area contributed by atoms with Crippen LogP contribution in [0.1, 0.15) is 36.9 Å². The van der Waals surface area contributed by atoms with Gasteiger partial charge in [0.15, 0.2) is 0 Å².